The molecule has 0 N–H and O–H groups in total. The lowest BCUT2D eigenvalue weighted by atomic mass is 10.0. The Morgan fingerprint density at radius 1 is 1.35 bits per heavy atom. The molecule has 3 rings (SSSR count). The van der Waals surface area contributed by atoms with E-state index in [-0.39, 0.29) is 0 Å². The summed E-state index contributed by atoms with van der Waals surface area (Å²) in [6, 6.07) is 0.558. The van der Waals surface area contributed by atoms with Gasteiger partial charge in [0.1, 0.15) is 5.01 Å². The Bertz CT molecular complexity index is 398. The first-order valence-corrected chi connectivity index (χ1v) is 8.68. The molecule has 0 unspecified atom stereocenters. The van der Waals surface area contributed by atoms with E-state index in [4.69, 9.17) is 4.74 Å². The number of nitrogens with zero attached hydrogens (tertiary/aromatic N) is 3. The molecule has 2 saturated heterocycles. The highest BCUT2D eigenvalue weighted by Crippen LogP contribution is 2.31. The van der Waals surface area contributed by atoms with Gasteiger partial charge in [0.05, 0.1) is 18.8 Å². The van der Waals surface area contributed by atoms with Gasteiger partial charge in [0.2, 0.25) is 0 Å². The third-order valence-electron chi connectivity index (χ3n) is 4.38. The third-order valence-corrected chi connectivity index (χ3v) is 5.26. The standard InChI is InChI=1S/C15H25N3OS/c1-13-12-17(9-10-19-13)7-8-18-6-3-2-4-14(18)15-16-5-11-20-15/h5,11,13-14H,2-4,6-10,12H2,1H3/t13-,14+/m1/s1. The van der Waals surface area contributed by atoms with Crippen LogP contribution in [-0.4, -0.2) is 60.2 Å². The zero-order chi connectivity index (χ0) is 13.8. The van der Waals surface area contributed by atoms with Crippen LogP contribution in [0, 0.1) is 0 Å². The van der Waals surface area contributed by atoms with Crippen molar-refractivity contribution in [1.29, 1.82) is 0 Å². The molecule has 2 aliphatic heterocycles. The van der Waals surface area contributed by atoms with E-state index < -0.39 is 0 Å². The second-order valence-corrected chi connectivity index (χ2v) is 6.83. The Morgan fingerprint density at radius 2 is 2.30 bits per heavy atom. The van der Waals surface area contributed by atoms with Crippen molar-refractivity contribution in [1.82, 2.24) is 14.8 Å². The Morgan fingerprint density at radius 3 is 3.10 bits per heavy atom. The second-order valence-electron chi connectivity index (χ2n) is 5.90. The summed E-state index contributed by atoms with van der Waals surface area (Å²) in [7, 11) is 0. The highest BCUT2D eigenvalue weighted by Gasteiger charge is 2.26. The fourth-order valence-electron chi connectivity index (χ4n) is 3.30. The Labute approximate surface area is 125 Å². The van der Waals surface area contributed by atoms with Crippen LogP contribution < -0.4 is 0 Å². The van der Waals surface area contributed by atoms with Crippen LogP contribution in [-0.2, 0) is 4.74 Å². The van der Waals surface area contributed by atoms with Crippen molar-refractivity contribution in [2.75, 3.05) is 39.3 Å². The van der Waals surface area contributed by atoms with Crippen LogP contribution in [0.2, 0.25) is 0 Å². The number of thiazole rings is 1. The molecule has 1 aromatic heterocycles. The lowest BCUT2D eigenvalue weighted by Gasteiger charge is -2.37. The molecule has 0 bridgehead atoms. The molecule has 112 valence electrons. The second kappa shape index (κ2) is 6.98. The van der Waals surface area contributed by atoms with E-state index in [1.807, 2.05) is 17.5 Å². The Kier molecular flexibility index (Phi) is 5.04. The molecule has 0 aliphatic carbocycles. The number of hydrogen-bond acceptors (Lipinski definition) is 5. The SMILES string of the molecule is C[C@@H]1CN(CCN2CCCC[C@H]2c2nccs2)CCO1. The van der Waals surface area contributed by atoms with Crippen LogP contribution in [0.15, 0.2) is 11.6 Å². The highest BCUT2D eigenvalue weighted by molar-refractivity contribution is 7.09. The van der Waals surface area contributed by atoms with E-state index in [9.17, 15) is 0 Å². The summed E-state index contributed by atoms with van der Waals surface area (Å²) >= 11 is 1.81. The van der Waals surface area contributed by atoms with E-state index >= 15 is 0 Å². The molecule has 3 heterocycles. The van der Waals surface area contributed by atoms with Gasteiger partial charge in [0, 0.05) is 37.8 Å². The summed E-state index contributed by atoms with van der Waals surface area (Å²) in [5, 5.41) is 3.41. The average molecular weight is 295 g/mol. The first-order valence-electron chi connectivity index (χ1n) is 7.80. The molecule has 20 heavy (non-hydrogen) atoms. The topological polar surface area (TPSA) is 28.6 Å². The molecular formula is C15H25N3OS. The van der Waals surface area contributed by atoms with Crippen LogP contribution >= 0.6 is 11.3 Å². The van der Waals surface area contributed by atoms with Gasteiger partial charge in [-0.15, -0.1) is 11.3 Å². The van der Waals surface area contributed by atoms with Gasteiger partial charge < -0.3 is 4.74 Å². The number of rotatable bonds is 4. The predicted molar refractivity (Wildman–Crippen MR) is 82.1 cm³/mol. The van der Waals surface area contributed by atoms with Crippen LogP contribution in [0.25, 0.3) is 0 Å². The largest absolute Gasteiger partial charge is 0.376 e. The van der Waals surface area contributed by atoms with E-state index in [2.05, 4.69) is 27.1 Å². The maximum atomic E-state index is 5.62. The van der Waals surface area contributed by atoms with E-state index in [1.54, 1.807) is 0 Å². The summed E-state index contributed by atoms with van der Waals surface area (Å²) < 4.78 is 5.62. The molecule has 2 fully saturated rings. The normalized spacial score (nSPS) is 29.6. The maximum absolute atomic E-state index is 5.62. The molecule has 0 saturated carbocycles. The van der Waals surface area contributed by atoms with Crippen molar-refractivity contribution >= 4 is 11.3 Å². The summed E-state index contributed by atoms with van der Waals surface area (Å²) in [5.74, 6) is 0. The molecule has 5 heteroatoms. The average Bonchev–Trinajstić information content (AvgIpc) is 3.00. The quantitative estimate of drug-likeness (QED) is 0.853. The Hall–Kier alpha value is -0.490. The van der Waals surface area contributed by atoms with Gasteiger partial charge in [-0.2, -0.15) is 0 Å². The molecule has 0 radical (unpaired) electrons. The van der Waals surface area contributed by atoms with E-state index in [0.29, 0.717) is 12.1 Å². The van der Waals surface area contributed by atoms with Crippen molar-refractivity contribution in [2.45, 2.75) is 38.3 Å². The highest BCUT2D eigenvalue weighted by atomic mass is 32.1. The van der Waals surface area contributed by atoms with Gasteiger partial charge in [-0.05, 0) is 26.3 Å². The van der Waals surface area contributed by atoms with Crippen molar-refractivity contribution in [3.05, 3.63) is 16.6 Å². The van der Waals surface area contributed by atoms with Crippen molar-refractivity contribution < 1.29 is 4.74 Å². The van der Waals surface area contributed by atoms with Gasteiger partial charge in [-0.3, -0.25) is 9.80 Å². The first-order chi connectivity index (χ1) is 9.83. The fraction of sp³-hybridized carbons (Fsp3) is 0.800. The lowest BCUT2D eigenvalue weighted by molar-refractivity contribution is -0.0228. The minimum atomic E-state index is 0.389. The maximum Gasteiger partial charge on any atom is 0.110 e. The number of ether oxygens (including phenoxy) is 1. The summed E-state index contributed by atoms with van der Waals surface area (Å²) in [5.41, 5.74) is 0. The van der Waals surface area contributed by atoms with Crippen LogP contribution in [0.5, 0.6) is 0 Å². The van der Waals surface area contributed by atoms with Crippen LogP contribution in [0.3, 0.4) is 0 Å². The number of likely N-dealkylation sites (tertiary alicyclic amines) is 1. The molecule has 0 aromatic carbocycles. The number of piperidine rings is 1. The third kappa shape index (κ3) is 3.58. The van der Waals surface area contributed by atoms with Gasteiger partial charge in [-0.25, -0.2) is 4.98 Å². The Balaban J connectivity index is 1.54. The summed E-state index contributed by atoms with van der Waals surface area (Å²) in [6.45, 7) is 8.77. The van der Waals surface area contributed by atoms with Crippen LogP contribution in [0.1, 0.15) is 37.2 Å². The summed E-state index contributed by atoms with van der Waals surface area (Å²) in [6.07, 6.45) is 6.28. The van der Waals surface area contributed by atoms with Gasteiger partial charge in [0.15, 0.2) is 0 Å². The molecule has 0 amide bonds. The van der Waals surface area contributed by atoms with E-state index in [0.717, 1.165) is 32.8 Å². The van der Waals surface area contributed by atoms with Crippen LogP contribution in [0.4, 0.5) is 0 Å². The van der Waals surface area contributed by atoms with Crippen molar-refractivity contribution in [3.8, 4) is 0 Å². The van der Waals surface area contributed by atoms with Crippen molar-refractivity contribution in [2.24, 2.45) is 0 Å². The van der Waals surface area contributed by atoms with Gasteiger partial charge >= 0.3 is 0 Å². The monoisotopic (exact) mass is 295 g/mol. The number of hydrogen-bond donors (Lipinski definition) is 0. The fourth-order valence-corrected chi connectivity index (χ4v) is 4.11. The lowest BCUT2D eigenvalue weighted by Crippen LogP contribution is -2.45. The molecule has 1 aromatic rings. The molecule has 2 atom stereocenters. The van der Waals surface area contributed by atoms with E-state index in [1.165, 1.54) is 30.8 Å². The zero-order valence-electron chi connectivity index (χ0n) is 12.3. The van der Waals surface area contributed by atoms with Gasteiger partial charge in [0.25, 0.3) is 0 Å². The molecule has 0 spiro atoms. The van der Waals surface area contributed by atoms with Crippen molar-refractivity contribution in [3.63, 3.8) is 0 Å². The predicted octanol–water partition coefficient (Wildman–Crippen LogP) is 2.39. The molecule has 4 nitrogen and oxygen atoms in total. The number of aromatic nitrogens is 1. The zero-order valence-corrected chi connectivity index (χ0v) is 13.1. The minimum Gasteiger partial charge on any atom is -0.376 e. The smallest absolute Gasteiger partial charge is 0.110 e. The molecular weight excluding hydrogens is 270 g/mol. The molecule has 2 aliphatic rings. The number of morpholine rings is 1. The van der Waals surface area contributed by atoms with Gasteiger partial charge in [-0.1, -0.05) is 6.42 Å². The minimum absolute atomic E-state index is 0.389. The summed E-state index contributed by atoms with van der Waals surface area (Å²) in [4.78, 5) is 9.72. The first kappa shape index (κ1) is 14.4.